The van der Waals surface area contributed by atoms with E-state index in [1.807, 2.05) is 42.5 Å². The highest BCUT2D eigenvalue weighted by molar-refractivity contribution is 6.09. The van der Waals surface area contributed by atoms with E-state index in [-0.39, 0.29) is 16.8 Å². The highest BCUT2D eigenvalue weighted by Gasteiger charge is 2.16. The molecular weight excluding hydrogens is 412 g/mol. The van der Waals surface area contributed by atoms with E-state index in [9.17, 15) is 24.3 Å². The normalized spacial score (nSPS) is 11.1. The summed E-state index contributed by atoms with van der Waals surface area (Å²) in [5, 5.41) is 24.8. The summed E-state index contributed by atoms with van der Waals surface area (Å²) in [7, 11) is 0. The van der Waals surface area contributed by atoms with Crippen molar-refractivity contribution < 1.29 is 29.4 Å². The van der Waals surface area contributed by atoms with Gasteiger partial charge in [-0.25, -0.2) is 4.79 Å². The number of aliphatic carboxylic acids is 1. The third-order valence-electron chi connectivity index (χ3n) is 4.72. The van der Waals surface area contributed by atoms with Gasteiger partial charge in [-0.05, 0) is 53.1 Å². The number of benzene rings is 3. The third kappa shape index (κ3) is 5.37. The average molecular weight is 432 g/mol. The first-order valence-electron chi connectivity index (χ1n) is 9.60. The van der Waals surface area contributed by atoms with Crippen molar-refractivity contribution in [2.45, 2.75) is 6.92 Å². The summed E-state index contributed by atoms with van der Waals surface area (Å²) >= 11 is 0. The minimum absolute atomic E-state index is 0.0155. The largest absolute Gasteiger partial charge is 0.480 e. The molecule has 0 atom stereocenters. The Labute approximate surface area is 183 Å². The number of hydrogen-bond acceptors (Lipinski definition) is 4. The van der Waals surface area contributed by atoms with Gasteiger partial charge in [-0.15, -0.1) is 0 Å². The smallest absolute Gasteiger partial charge is 0.337 e. The van der Waals surface area contributed by atoms with E-state index in [4.69, 9.17) is 5.11 Å². The van der Waals surface area contributed by atoms with Crippen LogP contribution in [0.3, 0.4) is 0 Å². The Balaban J connectivity index is 1.84. The number of nitrogens with one attached hydrogen (secondary N) is 2. The molecule has 0 bridgehead atoms. The molecule has 0 saturated heterocycles. The predicted molar refractivity (Wildman–Crippen MR) is 120 cm³/mol. The molecule has 3 aromatic carbocycles. The number of amides is 2. The van der Waals surface area contributed by atoms with Crippen LogP contribution in [0.25, 0.3) is 16.3 Å². The zero-order chi connectivity index (χ0) is 23.3. The van der Waals surface area contributed by atoms with Gasteiger partial charge >= 0.3 is 11.9 Å². The van der Waals surface area contributed by atoms with Crippen molar-refractivity contribution >= 4 is 45.8 Å². The molecule has 2 amide bonds. The van der Waals surface area contributed by atoms with Gasteiger partial charge < -0.3 is 20.8 Å². The predicted octanol–water partition coefficient (Wildman–Crippen LogP) is 3.39. The van der Waals surface area contributed by atoms with Gasteiger partial charge in [0.1, 0.15) is 6.54 Å². The summed E-state index contributed by atoms with van der Waals surface area (Å²) in [6.07, 6.45) is 1.34. The average Bonchev–Trinajstić information content (AvgIpc) is 2.76. The summed E-state index contributed by atoms with van der Waals surface area (Å²) in [5.74, 6) is -3.78. The van der Waals surface area contributed by atoms with Crippen LogP contribution in [0, 0.1) is 0 Å². The van der Waals surface area contributed by atoms with Gasteiger partial charge in [0.05, 0.1) is 11.3 Å². The minimum Gasteiger partial charge on any atom is -0.480 e. The number of allylic oxidation sites excluding steroid dienone is 1. The van der Waals surface area contributed by atoms with Crippen molar-refractivity contribution in [1.29, 1.82) is 0 Å². The van der Waals surface area contributed by atoms with E-state index in [0.29, 0.717) is 5.57 Å². The van der Waals surface area contributed by atoms with Crippen LogP contribution in [0.1, 0.15) is 33.2 Å². The second-order valence-corrected chi connectivity index (χ2v) is 7.02. The van der Waals surface area contributed by atoms with Crippen LogP contribution < -0.4 is 10.6 Å². The molecule has 32 heavy (non-hydrogen) atoms. The van der Waals surface area contributed by atoms with E-state index in [0.717, 1.165) is 16.3 Å². The Hall–Kier alpha value is -4.46. The minimum atomic E-state index is -1.28. The summed E-state index contributed by atoms with van der Waals surface area (Å²) in [5.41, 5.74) is 1.24. The van der Waals surface area contributed by atoms with Crippen molar-refractivity contribution in [2.24, 2.45) is 0 Å². The molecular formula is C24H20N2O6. The number of hydrogen-bond donors (Lipinski definition) is 4. The van der Waals surface area contributed by atoms with Gasteiger partial charge in [-0.2, -0.15) is 0 Å². The maximum absolute atomic E-state index is 12.6. The molecule has 0 radical (unpaired) electrons. The van der Waals surface area contributed by atoms with Crippen molar-refractivity contribution in [1.82, 2.24) is 5.32 Å². The maximum atomic E-state index is 12.6. The number of rotatable bonds is 7. The SMILES string of the molecule is C/C(=C/C(=O)Nc1cc(C(=O)NCC(=O)O)ccc1C(=O)O)c1ccc2ccccc2c1. The number of carbonyl (C=O) groups is 4. The maximum Gasteiger partial charge on any atom is 0.337 e. The molecule has 0 spiro atoms. The fraction of sp³-hybridized carbons (Fsp3) is 0.0833. The zero-order valence-electron chi connectivity index (χ0n) is 17.1. The van der Waals surface area contributed by atoms with Crippen LogP contribution in [-0.2, 0) is 9.59 Å². The van der Waals surface area contributed by atoms with Crippen molar-refractivity contribution in [3.8, 4) is 0 Å². The lowest BCUT2D eigenvalue weighted by molar-refractivity contribution is -0.135. The van der Waals surface area contributed by atoms with Gasteiger partial charge in [0.15, 0.2) is 0 Å². The van der Waals surface area contributed by atoms with Crippen LogP contribution in [0.5, 0.6) is 0 Å². The quantitative estimate of drug-likeness (QED) is 0.423. The topological polar surface area (TPSA) is 133 Å². The summed E-state index contributed by atoms with van der Waals surface area (Å²) in [4.78, 5) is 46.8. The molecule has 0 unspecified atom stereocenters. The summed E-state index contributed by atoms with van der Waals surface area (Å²) < 4.78 is 0. The first-order valence-corrected chi connectivity index (χ1v) is 9.60. The second kappa shape index (κ2) is 9.57. The van der Waals surface area contributed by atoms with Crippen LogP contribution in [0.2, 0.25) is 0 Å². The fourth-order valence-corrected chi connectivity index (χ4v) is 3.12. The van der Waals surface area contributed by atoms with E-state index in [1.54, 1.807) is 6.92 Å². The zero-order valence-corrected chi connectivity index (χ0v) is 17.1. The molecule has 0 aliphatic heterocycles. The number of carboxylic acid groups (broad SMARTS) is 2. The molecule has 0 aliphatic rings. The van der Waals surface area contributed by atoms with Crippen molar-refractivity contribution in [3.63, 3.8) is 0 Å². The summed E-state index contributed by atoms with van der Waals surface area (Å²) in [6.45, 7) is 1.17. The van der Waals surface area contributed by atoms with Gasteiger partial charge in [-0.1, -0.05) is 36.4 Å². The number of carboxylic acids is 2. The third-order valence-corrected chi connectivity index (χ3v) is 4.72. The standard InChI is InChI=1S/C24H20N2O6/c1-14(16-7-6-15-4-2-3-5-17(15)11-16)10-21(27)26-20-12-18(8-9-19(20)24(31)32)23(30)25-13-22(28)29/h2-12H,13H2,1H3,(H,25,30)(H,26,27)(H,28,29)(H,31,32)/b14-10-. The van der Waals surface area contributed by atoms with Crippen molar-refractivity contribution in [3.05, 3.63) is 83.4 Å². The summed E-state index contributed by atoms with van der Waals surface area (Å²) in [6, 6.07) is 17.2. The van der Waals surface area contributed by atoms with E-state index in [1.165, 1.54) is 24.3 Å². The number of carbonyl (C=O) groups excluding carboxylic acids is 2. The van der Waals surface area contributed by atoms with Crippen molar-refractivity contribution in [2.75, 3.05) is 11.9 Å². The van der Waals surface area contributed by atoms with Gasteiger partial charge in [0.2, 0.25) is 5.91 Å². The number of aromatic carboxylic acids is 1. The lowest BCUT2D eigenvalue weighted by Crippen LogP contribution is -2.29. The molecule has 8 heteroatoms. The first kappa shape index (κ1) is 22.2. The molecule has 0 heterocycles. The van der Waals surface area contributed by atoms with E-state index < -0.39 is 30.3 Å². The molecule has 3 rings (SSSR count). The number of anilines is 1. The highest BCUT2D eigenvalue weighted by atomic mass is 16.4. The van der Waals surface area contributed by atoms with Gasteiger partial charge in [-0.3, -0.25) is 14.4 Å². The Morgan fingerprint density at radius 2 is 1.56 bits per heavy atom. The van der Waals surface area contributed by atoms with Crippen LogP contribution in [0.15, 0.2) is 66.7 Å². The molecule has 0 aliphatic carbocycles. The fourth-order valence-electron chi connectivity index (χ4n) is 3.12. The highest BCUT2D eigenvalue weighted by Crippen LogP contribution is 2.22. The first-order chi connectivity index (χ1) is 15.2. The van der Waals surface area contributed by atoms with E-state index in [2.05, 4.69) is 10.6 Å². The Morgan fingerprint density at radius 3 is 2.25 bits per heavy atom. The molecule has 162 valence electrons. The lowest BCUT2D eigenvalue weighted by atomic mass is 10.0. The van der Waals surface area contributed by atoms with Crippen LogP contribution in [0.4, 0.5) is 5.69 Å². The molecule has 4 N–H and O–H groups in total. The van der Waals surface area contributed by atoms with Crippen LogP contribution >= 0.6 is 0 Å². The van der Waals surface area contributed by atoms with Crippen LogP contribution in [-0.4, -0.2) is 40.5 Å². The molecule has 3 aromatic rings. The Morgan fingerprint density at radius 1 is 0.875 bits per heavy atom. The lowest BCUT2D eigenvalue weighted by Gasteiger charge is -2.10. The number of fused-ring (bicyclic) bond motifs is 1. The van der Waals surface area contributed by atoms with Gasteiger partial charge in [0, 0.05) is 11.6 Å². The molecule has 0 fully saturated rings. The molecule has 8 nitrogen and oxygen atoms in total. The second-order valence-electron chi connectivity index (χ2n) is 7.02. The van der Waals surface area contributed by atoms with E-state index >= 15 is 0 Å². The Bertz CT molecular complexity index is 1260. The molecule has 0 aromatic heterocycles. The van der Waals surface area contributed by atoms with Gasteiger partial charge in [0.25, 0.3) is 5.91 Å². The molecule has 0 saturated carbocycles. The Kier molecular flexibility index (Phi) is 6.65. The monoisotopic (exact) mass is 432 g/mol.